The van der Waals surface area contributed by atoms with Crippen molar-refractivity contribution in [3.05, 3.63) is 42.6 Å². The summed E-state index contributed by atoms with van der Waals surface area (Å²) >= 11 is 1.83. The summed E-state index contributed by atoms with van der Waals surface area (Å²) in [4.78, 5) is 12.7. The van der Waals surface area contributed by atoms with Gasteiger partial charge >= 0.3 is 0 Å². The van der Waals surface area contributed by atoms with Crippen LogP contribution >= 0.6 is 11.8 Å². The van der Waals surface area contributed by atoms with Crippen LogP contribution in [0.5, 0.6) is 0 Å². The van der Waals surface area contributed by atoms with Gasteiger partial charge in [0.2, 0.25) is 0 Å². The summed E-state index contributed by atoms with van der Waals surface area (Å²) < 4.78 is 2.05. The number of aliphatic imine (C=N–C) groups is 1. The highest BCUT2D eigenvalue weighted by Gasteiger charge is 2.15. The second kappa shape index (κ2) is 8.01. The van der Waals surface area contributed by atoms with E-state index < -0.39 is 0 Å². The van der Waals surface area contributed by atoms with E-state index in [1.165, 1.54) is 0 Å². The monoisotopic (exact) mass is 332 g/mol. The molecule has 0 unspecified atom stereocenters. The Morgan fingerprint density at radius 3 is 2.74 bits per heavy atom. The van der Waals surface area contributed by atoms with Crippen LogP contribution in [0.25, 0.3) is 5.82 Å². The van der Waals surface area contributed by atoms with Crippen molar-refractivity contribution in [2.45, 2.75) is 25.1 Å². The van der Waals surface area contributed by atoms with E-state index in [9.17, 15) is 0 Å². The molecule has 0 aliphatic rings. The molecule has 7 heteroatoms. The first-order chi connectivity index (χ1) is 11.0. The maximum Gasteiger partial charge on any atom is 0.191 e. The number of nitrogens with zero attached hydrogens (tertiary/aromatic N) is 4. The third-order valence-corrected chi connectivity index (χ3v) is 4.75. The molecule has 0 aromatic carbocycles. The Morgan fingerprint density at radius 1 is 1.35 bits per heavy atom. The first kappa shape index (κ1) is 17.3. The highest BCUT2D eigenvalue weighted by atomic mass is 32.2. The SMILES string of the molecule is CN=C(NCc1ccc(-n2ccnc2)nc1)NCC(C)(C)SC. The van der Waals surface area contributed by atoms with Crippen LogP contribution in [0.3, 0.4) is 0 Å². The Morgan fingerprint density at radius 2 is 2.17 bits per heavy atom. The maximum atomic E-state index is 4.44. The second-order valence-electron chi connectivity index (χ2n) is 5.74. The predicted molar refractivity (Wildman–Crippen MR) is 97.2 cm³/mol. The van der Waals surface area contributed by atoms with Crippen molar-refractivity contribution in [1.29, 1.82) is 0 Å². The lowest BCUT2D eigenvalue weighted by Gasteiger charge is -2.23. The number of hydrogen-bond acceptors (Lipinski definition) is 4. The smallest absolute Gasteiger partial charge is 0.191 e. The van der Waals surface area contributed by atoms with Crippen molar-refractivity contribution in [2.24, 2.45) is 4.99 Å². The molecule has 0 saturated carbocycles. The summed E-state index contributed by atoms with van der Waals surface area (Å²) in [5.74, 6) is 1.65. The van der Waals surface area contributed by atoms with Crippen LogP contribution in [-0.4, -0.2) is 45.1 Å². The highest BCUT2D eigenvalue weighted by Crippen LogP contribution is 2.19. The fraction of sp³-hybridized carbons (Fsp3) is 0.438. The van der Waals surface area contributed by atoms with E-state index in [1.54, 1.807) is 19.6 Å². The van der Waals surface area contributed by atoms with E-state index in [1.807, 2.05) is 34.8 Å². The first-order valence-corrected chi connectivity index (χ1v) is 8.69. The van der Waals surface area contributed by atoms with E-state index in [2.05, 4.69) is 51.8 Å². The molecule has 23 heavy (non-hydrogen) atoms. The van der Waals surface area contributed by atoms with Crippen molar-refractivity contribution in [1.82, 2.24) is 25.2 Å². The van der Waals surface area contributed by atoms with Gasteiger partial charge in [-0.2, -0.15) is 11.8 Å². The third-order valence-electron chi connectivity index (χ3n) is 3.50. The predicted octanol–water partition coefficient (Wildman–Crippen LogP) is 2.07. The largest absolute Gasteiger partial charge is 0.355 e. The van der Waals surface area contributed by atoms with Crippen molar-refractivity contribution in [3.8, 4) is 5.82 Å². The molecule has 0 amide bonds. The number of hydrogen-bond donors (Lipinski definition) is 2. The van der Waals surface area contributed by atoms with Crippen LogP contribution in [0.4, 0.5) is 0 Å². The second-order valence-corrected chi connectivity index (χ2v) is 7.25. The molecule has 0 atom stereocenters. The third kappa shape index (κ3) is 5.28. The minimum Gasteiger partial charge on any atom is -0.355 e. The van der Waals surface area contributed by atoms with Gasteiger partial charge in [0.05, 0.1) is 0 Å². The molecule has 2 N–H and O–H groups in total. The molecule has 2 rings (SSSR count). The quantitative estimate of drug-likeness (QED) is 0.626. The molecule has 0 aliphatic heterocycles. The van der Waals surface area contributed by atoms with E-state index in [-0.39, 0.29) is 4.75 Å². The summed E-state index contributed by atoms with van der Waals surface area (Å²) in [5, 5.41) is 6.66. The number of nitrogens with one attached hydrogen (secondary N) is 2. The van der Waals surface area contributed by atoms with Gasteiger partial charge in [-0.3, -0.25) is 9.56 Å². The van der Waals surface area contributed by atoms with Gasteiger partial charge < -0.3 is 10.6 Å². The number of rotatable bonds is 6. The fourth-order valence-electron chi connectivity index (χ4n) is 1.84. The van der Waals surface area contributed by atoms with Crippen LogP contribution in [0.2, 0.25) is 0 Å². The highest BCUT2D eigenvalue weighted by molar-refractivity contribution is 7.99. The lowest BCUT2D eigenvalue weighted by Crippen LogP contribution is -2.43. The molecule has 0 radical (unpaired) electrons. The van der Waals surface area contributed by atoms with Crippen LogP contribution < -0.4 is 10.6 Å². The van der Waals surface area contributed by atoms with Gasteiger partial charge in [0, 0.05) is 43.5 Å². The molecule has 2 heterocycles. The summed E-state index contributed by atoms with van der Waals surface area (Å²) in [6.45, 7) is 5.94. The average Bonchev–Trinajstić information content (AvgIpc) is 3.10. The first-order valence-electron chi connectivity index (χ1n) is 7.47. The molecule has 0 aliphatic carbocycles. The van der Waals surface area contributed by atoms with Crippen LogP contribution in [0.15, 0.2) is 42.0 Å². The number of guanidine groups is 1. The molecule has 2 aromatic heterocycles. The van der Waals surface area contributed by atoms with Gasteiger partial charge in [0.25, 0.3) is 0 Å². The Labute approximate surface area is 141 Å². The molecule has 0 fully saturated rings. The Balaban J connectivity index is 1.87. The van der Waals surface area contributed by atoms with Crippen LogP contribution in [0.1, 0.15) is 19.4 Å². The summed E-state index contributed by atoms with van der Waals surface area (Å²) in [6, 6.07) is 4.03. The molecule has 124 valence electrons. The van der Waals surface area contributed by atoms with E-state index in [0.29, 0.717) is 6.54 Å². The zero-order chi connectivity index (χ0) is 16.7. The zero-order valence-electron chi connectivity index (χ0n) is 14.1. The van der Waals surface area contributed by atoms with Crippen molar-refractivity contribution in [3.63, 3.8) is 0 Å². The van der Waals surface area contributed by atoms with Gasteiger partial charge in [0.15, 0.2) is 5.96 Å². The lowest BCUT2D eigenvalue weighted by molar-refractivity contribution is 0.664. The zero-order valence-corrected chi connectivity index (χ0v) is 14.9. The lowest BCUT2D eigenvalue weighted by atomic mass is 10.2. The van der Waals surface area contributed by atoms with Crippen LogP contribution in [0, 0.1) is 0 Å². The molecule has 0 saturated heterocycles. The molecule has 6 nitrogen and oxygen atoms in total. The summed E-state index contributed by atoms with van der Waals surface area (Å²) in [5.41, 5.74) is 1.10. The maximum absolute atomic E-state index is 4.44. The topological polar surface area (TPSA) is 67.1 Å². The molecule has 0 bridgehead atoms. The van der Waals surface area contributed by atoms with Gasteiger partial charge in [0.1, 0.15) is 12.1 Å². The van der Waals surface area contributed by atoms with Crippen LogP contribution in [-0.2, 0) is 6.54 Å². The molecular formula is C16H24N6S. The number of thioether (sulfide) groups is 1. The average molecular weight is 332 g/mol. The Hall–Kier alpha value is -2.02. The molecule has 2 aromatic rings. The van der Waals surface area contributed by atoms with Gasteiger partial charge in [-0.25, -0.2) is 9.97 Å². The van der Waals surface area contributed by atoms with E-state index in [4.69, 9.17) is 0 Å². The van der Waals surface area contributed by atoms with Crippen molar-refractivity contribution >= 4 is 17.7 Å². The van der Waals surface area contributed by atoms with Gasteiger partial charge in [-0.05, 0) is 31.7 Å². The summed E-state index contributed by atoms with van der Waals surface area (Å²) in [7, 11) is 1.78. The number of imidazole rings is 1. The Kier molecular flexibility index (Phi) is 6.04. The van der Waals surface area contributed by atoms with E-state index in [0.717, 1.165) is 23.9 Å². The molecule has 0 spiro atoms. The Bertz CT molecular complexity index is 619. The normalized spacial score (nSPS) is 12.3. The van der Waals surface area contributed by atoms with Gasteiger partial charge in [-0.15, -0.1) is 0 Å². The number of aromatic nitrogens is 3. The molecular weight excluding hydrogens is 308 g/mol. The number of pyridine rings is 1. The standard InChI is InChI=1S/C16H24N6S/c1-16(2,23-4)11-21-15(17-3)20-10-13-5-6-14(19-9-13)22-8-7-18-12-22/h5-9,12H,10-11H2,1-4H3,(H2,17,20,21). The van der Waals surface area contributed by atoms with Crippen molar-refractivity contribution in [2.75, 3.05) is 19.8 Å². The minimum absolute atomic E-state index is 0.172. The fourth-order valence-corrected chi connectivity index (χ4v) is 2.06. The van der Waals surface area contributed by atoms with E-state index >= 15 is 0 Å². The van der Waals surface area contributed by atoms with Crippen molar-refractivity contribution < 1.29 is 0 Å². The van der Waals surface area contributed by atoms with Gasteiger partial charge in [-0.1, -0.05) is 6.07 Å². The minimum atomic E-state index is 0.172. The summed E-state index contributed by atoms with van der Waals surface area (Å²) in [6.07, 6.45) is 9.33.